The average Bonchev–Trinajstić information content (AvgIpc) is 2.37. The number of hydrogen-bond donors (Lipinski definition) is 0. The van der Waals surface area contributed by atoms with Crippen LogP contribution >= 0.6 is 0 Å². The standard InChI is InChI=1S/C15H20N2O3/c1-15(2,3)20-14(18)17(4)9-10-19-13-7-5-12(11-16)6-8-13/h5-8H,9-10H2,1-4H3. The lowest BCUT2D eigenvalue weighted by molar-refractivity contribution is 0.0278. The molecule has 108 valence electrons. The number of ether oxygens (including phenoxy) is 2. The van der Waals surface area contributed by atoms with Gasteiger partial charge in [0.05, 0.1) is 18.2 Å². The van der Waals surface area contributed by atoms with E-state index in [4.69, 9.17) is 14.7 Å². The quantitative estimate of drug-likeness (QED) is 0.848. The molecule has 0 saturated heterocycles. The molecule has 0 aromatic heterocycles. The van der Waals surface area contributed by atoms with E-state index in [2.05, 4.69) is 0 Å². The van der Waals surface area contributed by atoms with Crippen molar-refractivity contribution in [3.8, 4) is 11.8 Å². The summed E-state index contributed by atoms with van der Waals surface area (Å²) in [5, 5.41) is 8.68. The Morgan fingerprint density at radius 2 is 1.90 bits per heavy atom. The van der Waals surface area contributed by atoms with E-state index >= 15 is 0 Å². The minimum Gasteiger partial charge on any atom is -0.492 e. The van der Waals surface area contributed by atoms with Gasteiger partial charge in [-0.15, -0.1) is 0 Å². The summed E-state index contributed by atoms with van der Waals surface area (Å²) in [7, 11) is 1.66. The molecule has 1 amide bonds. The molecule has 0 atom stereocenters. The molecule has 0 bridgehead atoms. The highest BCUT2D eigenvalue weighted by molar-refractivity contribution is 5.67. The van der Waals surface area contributed by atoms with E-state index in [-0.39, 0.29) is 6.09 Å². The van der Waals surface area contributed by atoms with E-state index in [1.807, 2.05) is 26.8 Å². The molecule has 0 aliphatic rings. The average molecular weight is 276 g/mol. The van der Waals surface area contributed by atoms with Crippen molar-refractivity contribution in [2.75, 3.05) is 20.2 Å². The maximum Gasteiger partial charge on any atom is 0.410 e. The molecule has 0 radical (unpaired) electrons. The summed E-state index contributed by atoms with van der Waals surface area (Å²) in [6, 6.07) is 8.87. The number of hydrogen-bond acceptors (Lipinski definition) is 4. The van der Waals surface area contributed by atoms with Crippen LogP contribution in [0.2, 0.25) is 0 Å². The molecule has 0 N–H and O–H groups in total. The molecule has 0 saturated carbocycles. The third-order valence-corrected chi connectivity index (χ3v) is 2.38. The summed E-state index contributed by atoms with van der Waals surface area (Å²) >= 11 is 0. The van der Waals surface area contributed by atoms with Gasteiger partial charge in [0.15, 0.2) is 0 Å². The van der Waals surface area contributed by atoms with Crippen LogP contribution in [0.5, 0.6) is 5.75 Å². The Hall–Kier alpha value is -2.22. The van der Waals surface area contributed by atoms with Gasteiger partial charge in [0, 0.05) is 7.05 Å². The Morgan fingerprint density at radius 3 is 2.40 bits per heavy atom. The minimum absolute atomic E-state index is 0.363. The van der Waals surface area contributed by atoms with Crippen LogP contribution in [0.25, 0.3) is 0 Å². The zero-order chi connectivity index (χ0) is 15.2. The number of amides is 1. The Bertz CT molecular complexity index is 483. The lowest BCUT2D eigenvalue weighted by atomic mass is 10.2. The first-order chi connectivity index (χ1) is 9.31. The van der Waals surface area contributed by atoms with Gasteiger partial charge in [0.25, 0.3) is 0 Å². The molecule has 0 spiro atoms. The summed E-state index contributed by atoms with van der Waals surface area (Å²) in [4.78, 5) is 13.2. The van der Waals surface area contributed by atoms with E-state index in [0.29, 0.717) is 24.5 Å². The smallest absolute Gasteiger partial charge is 0.410 e. The maximum absolute atomic E-state index is 11.7. The number of rotatable bonds is 4. The van der Waals surface area contributed by atoms with Crippen LogP contribution in [0.1, 0.15) is 26.3 Å². The second-order valence-corrected chi connectivity index (χ2v) is 5.39. The van der Waals surface area contributed by atoms with Crippen molar-refractivity contribution in [3.63, 3.8) is 0 Å². The number of benzene rings is 1. The number of nitriles is 1. The highest BCUT2D eigenvalue weighted by Gasteiger charge is 2.19. The summed E-state index contributed by atoms with van der Waals surface area (Å²) in [5.74, 6) is 0.668. The van der Waals surface area contributed by atoms with E-state index in [9.17, 15) is 4.79 Å². The van der Waals surface area contributed by atoms with Gasteiger partial charge < -0.3 is 14.4 Å². The number of carbonyl (C=O) groups is 1. The molecule has 0 aliphatic heterocycles. The summed E-state index contributed by atoms with van der Waals surface area (Å²) in [6.07, 6.45) is -0.374. The second-order valence-electron chi connectivity index (χ2n) is 5.39. The number of carbonyl (C=O) groups excluding carboxylic acids is 1. The van der Waals surface area contributed by atoms with Gasteiger partial charge in [-0.1, -0.05) is 0 Å². The molecule has 5 nitrogen and oxygen atoms in total. The first kappa shape index (κ1) is 15.8. The molecular weight excluding hydrogens is 256 g/mol. The van der Waals surface area contributed by atoms with E-state index in [1.165, 1.54) is 4.90 Å². The van der Waals surface area contributed by atoms with Crippen LogP contribution in [0.4, 0.5) is 4.79 Å². The molecule has 5 heteroatoms. The summed E-state index contributed by atoms with van der Waals surface area (Å²) in [5.41, 5.74) is 0.0856. The van der Waals surface area contributed by atoms with Gasteiger partial charge in [-0.25, -0.2) is 4.79 Å². The lowest BCUT2D eigenvalue weighted by Crippen LogP contribution is -2.36. The molecule has 0 unspecified atom stereocenters. The molecule has 1 rings (SSSR count). The lowest BCUT2D eigenvalue weighted by Gasteiger charge is -2.24. The highest BCUT2D eigenvalue weighted by atomic mass is 16.6. The largest absolute Gasteiger partial charge is 0.492 e. The van der Waals surface area contributed by atoms with Crippen LogP contribution < -0.4 is 4.74 Å². The fourth-order valence-corrected chi connectivity index (χ4v) is 1.36. The Morgan fingerprint density at radius 1 is 1.30 bits per heavy atom. The van der Waals surface area contributed by atoms with E-state index < -0.39 is 5.60 Å². The molecule has 20 heavy (non-hydrogen) atoms. The third-order valence-electron chi connectivity index (χ3n) is 2.38. The Balaban J connectivity index is 2.36. The predicted octanol–water partition coefficient (Wildman–Crippen LogP) is 2.80. The molecule has 1 aromatic carbocycles. The minimum atomic E-state index is -0.501. The SMILES string of the molecule is CN(CCOc1ccc(C#N)cc1)C(=O)OC(C)(C)C. The van der Waals surface area contributed by atoms with Crippen LogP contribution in [0, 0.1) is 11.3 Å². The second kappa shape index (κ2) is 6.80. The fourth-order valence-electron chi connectivity index (χ4n) is 1.36. The summed E-state index contributed by atoms with van der Waals surface area (Å²) < 4.78 is 10.7. The molecule has 0 heterocycles. The van der Waals surface area contributed by atoms with Gasteiger partial charge in [-0.2, -0.15) is 5.26 Å². The van der Waals surface area contributed by atoms with E-state index in [1.54, 1.807) is 31.3 Å². The first-order valence-electron chi connectivity index (χ1n) is 6.39. The normalized spacial score (nSPS) is 10.6. The van der Waals surface area contributed by atoms with Crippen molar-refractivity contribution < 1.29 is 14.3 Å². The zero-order valence-corrected chi connectivity index (χ0v) is 12.3. The molecule has 1 aromatic rings. The van der Waals surface area contributed by atoms with Crippen molar-refractivity contribution in [1.29, 1.82) is 5.26 Å². The van der Waals surface area contributed by atoms with Crippen molar-refractivity contribution in [2.45, 2.75) is 26.4 Å². The monoisotopic (exact) mass is 276 g/mol. The van der Waals surface area contributed by atoms with Crippen molar-refractivity contribution in [2.24, 2.45) is 0 Å². The van der Waals surface area contributed by atoms with Crippen molar-refractivity contribution >= 4 is 6.09 Å². The summed E-state index contributed by atoms with van der Waals surface area (Å²) in [6.45, 7) is 6.26. The van der Waals surface area contributed by atoms with Gasteiger partial charge in [0.1, 0.15) is 18.0 Å². The van der Waals surface area contributed by atoms with Crippen LogP contribution in [0.3, 0.4) is 0 Å². The number of likely N-dealkylation sites (N-methyl/N-ethyl adjacent to an activating group) is 1. The van der Waals surface area contributed by atoms with Gasteiger partial charge in [-0.05, 0) is 45.0 Å². The van der Waals surface area contributed by atoms with Crippen LogP contribution in [-0.4, -0.2) is 36.8 Å². The molecular formula is C15H20N2O3. The Labute approximate surface area is 119 Å². The highest BCUT2D eigenvalue weighted by Crippen LogP contribution is 2.12. The maximum atomic E-state index is 11.7. The topological polar surface area (TPSA) is 62.6 Å². The third kappa shape index (κ3) is 5.61. The first-order valence-corrected chi connectivity index (χ1v) is 6.39. The molecule has 0 aliphatic carbocycles. The van der Waals surface area contributed by atoms with Crippen molar-refractivity contribution in [3.05, 3.63) is 29.8 Å². The van der Waals surface area contributed by atoms with Gasteiger partial charge in [-0.3, -0.25) is 0 Å². The van der Waals surface area contributed by atoms with Gasteiger partial charge in [0.2, 0.25) is 0 Å². The van der Waals surface area contributed by atoms with Crippen molar-refractivity contribution in [1.82, 2.24) is 4.90 Å². The number of nitrogens with zero attached hydrogens (tertiary/aromatic N) is 2. The van der Waals surface area contributed by atoms with E-state index in [0.717, 1.165) is 0 Å². The van der Waals surface area contributed by atoms with Crippen LogP contribution in [0.15, 0.2) is 24.3 Å². The fraction of sp³-hybridized carbons (Fsp3) is 0.467. The Kier molecular flexibility index (Phi) is 5.39. The van der Waals surface area contributed by atoms with Crippen LogP contribution in [-0.2, 0) is 4.74 Å². The zero-order valence-electron chi connectivity index (χ0n) is 12.3. The predicted molar refractivity (Wildman–Crippen MR) is 75.5 cm³/mol. The van der Waals surface area contributed by atoms with Gasteiger partial charge >= 0.3 is 6.09 Å². The molecule has 0 fully saturated rings.